The molecule has 0 bridgehead atoms. The van der Waals surface area contributed by atoms with Gasteiger partial charge < -0.3 is 9.47 Å². The first-order valence-corrected chi connectivity index (χ1v) is 7.17. The highest BCUT2D eigenvalue weighted by Gasteiger charge is 2.09. The van der Waals surface area contributed by atoms with E-state index in [9.17, 15) is 4.79 Å². The van der Waals surface area contributed by atoms with E-state index < -0.39 is 0 Å². The molecule has 0 saturated heterocycles. The molecular weight excluding hydrogens is 292 g/mol. The molecule has 5 nitrogen and oxygen atoms in total. The summed E-state index contributed by atoms with van der Waals surface area (Å²) in [7, 11) is 3.07. The smallest absolute Gasteiger partial charge is 0.271 e. The Morgan fingerprint density at radius 2 is 1.70 bits per heavy atom. The van der Waals surface area contributed by atoms with E-state index in [1.54, 1.807) is 24.4 Å². The van der Waals surface area contributed by atoms with Crippen LogP contribution in [-0.2, 0) is 0 Å². The van der Waals surface area contributed by atoms with E-state index >= 15 is 0 Å². The fraction of sp³-hybridized carbons (Fsp3) is 0.222. The van der Waals surface area contributed by atoms with Crippen molar-refractivity contribution in [3.63, 3.8) is 0 Å². The van der Waals surface area contributed by atoms with Crippen molar-refractivity contribution in [2.75, 3.05) is 14.2 Å². The van der Waals surface area contributed by atoms with Gasteiger partial charge in [-0.1, -0.05) is 23.8 Å². The van der Waals surface area contributed by atoms with Gasteiger partial charge in [0.1, 0.15) is 11.5 Å². The predicted octanol–water partition coefficient (Wildman–Crippen LogP) is 3.08. The first kappa shape index (κ1) is 16.5. The molecule has 0 aliphatic heterocycles. The molecular formula is C18H20N2O3. The van der Waals surface area contributed by atoms with Crippen molar-refractivity contribution in [3.05, 3.63) is 58.7 Å². The Balaban J connectivity index is 2.13. The number of benzene rings is 2. The summed E-state index contributed by atoms with van der Waals surface area (Å²) in [6, 6.07) is 11.0. The quantitative estimate of drug-likeness (QED) is 0.682. The van der Waals surface area contributed by atoms with E-state index in [0.717, 1.165) is 16.7 Å². The summed E-state index contributed by atoms with van der Waals surface area (Å²) in [5, 5.41) is 4.02. The topological polar surface area (TPSA) is 59.9 Å². The summed E-state index contributed by atoms with van der Waals surface area (Å²) in [6.45, 7) is 4.01. The van der Waals surface area contributed by atoms with E-state index in [0.29, 0.717) is 17.1 Å². The molecule has 0 saturated carbocycles. The maximum Gasteiger partial charge on any atom is 0.271 e. The van der Waals surface area contributed by atoms with Gasteiger partial charge in [0.15, 0.2) is 0 Å². The van der Waals surface area contributed by atoms with E-state index in [1.165, 1.54) is 14.2 Å². The SMILES string of the molecule is COc1cc(OC)cc(C(=O)N/N=C/c2cc(C)ccc2C)c1. The molecule has 0 heterocycles. The van der Waals surface area contributed by atoms with Crippen molar-refractivity contribution in [2.24, 2.45) is 5.10 Å². The Kier molecular flexibility index (Phi) is 5.36. The standard InChI is InChI=1S/C18H20N2O3/c1-12-5-6-13(2)15(7-12)11-19-20-18(21)14-8-16(22-3)10-17(9-14)23-4/h5-11H,1-4H3,(H,20,21)/b19-11+. The Morgan fingerprint density at radius 1 is 1.04 bits per heavy atom. The molecule has 2 rings (SSSR count). The molecule has 0 fully saturated rings. The van der Waals surface area contributed by atoms with E-state index in [-0.39, 0.29) is 5.91 Å². The molecule has 0 radical (unpaired) electrons. The molecule has 0 spiro atoms. The fourth-order valence-corrected chi connectivity index (χ4v) is 2.06. The second-order valence-corrected chi connectivity index (χ2v) is 5.16. The summed E-state index contributed by atoms with van der Waals surface area (Å²) in [5.74, 6) is 0.768. The lowest BCUT2D eigenvalue weighted by molar-refractivity contribution is 0.0954. The third kappa shape index (κ3) is 4.32. The van der Waals surface area contributed by atoms with Gasteiger partial charge >= 0.3 is 0 Å². The molecule has 1 N–H and O–H groups in total. The van der Waals surface area contributed by atoms with Crippen molar-refractivity contribution in [1.82, 2.24) is 5.43 Å². The first-order valence-electron chi connectivity index (χ1n) is 7.17. The molecule has 0 atom stereocenters. The highest BCUT2D eigenvalue weighted by molar-refractivity contribution is 5.95. The number of carbonyl (C=O) groups excluding carboxylic acids is 1. The van der Waals surface area contributed by atoms with Gasteiger partial charge in [0, 0.05) is 11.6 Å². The molecule has 0 aliphatic rings. The first-order chi connectivity index (χ1) is 11.0. The second-order valence-electron chi connectivity index (χ2n) is 5.16. The van der Waals surface area contributed by atoms with Gasteiger partial charge in [0.25, 0.3) is 5.91 Å². The molecule has 2 aromatic rings. The van der Waals surface area contributed by atoms with Crippen LogP contribution >= 0.6 is 0 Å². The number of amides is 1. The van der Waals surface area contributed by atoms with Crippen LogP contribution < -0.4 is 14.9 Å². The van der Waals surface area contributed by atoms with Gasteiger partial charge in [-0.05, 0) is 37.1 Å². The Labute approximate surface area is 135 Å². The van der Waals surface area contributed by atoms with Crippen LogP contribution in [0.2, 0.25) is 0 Å². The van der Waals surface area contributed by atoms with Crippen molar-refractivity contribution in [2.45, 2.75) is 13.8 Å². The molecule has 2 aromatic carbocycles. The fourth-order valence-electron chi connectivity index (χ4n) is 2.06. The lowest BCUT2D eigenvalue weighted by Crippen LogP contribution is -2.17. The van der Waals surface area contributed by atoms with Crippen LogP contribution in [0.25, 0.3) is 0 Å². The van der Waals surface area contributed by atoms with Gasteiger partial charge in [-0.2, -0.15) is 5.10 Å². The molecule has 23 heavy (non-hydrogen) atoms. The molecule has 120 valence electrons. The third-order valence-corrected chi connectivity index (χ3v) is 3.42. The lowest BCUT2D eigenvalue weighted by atomic mass is 10.1. The number of methoxy groups -OCH3 is 2. The number of ether oxygens (including phenoxy) is 2. The Morgan fingerprint density at radius 3 is 2.30 bits per heavy atom. The van der Waals surface area contributed by atoms with E-state index in [4.69, 9.17) is 9.47 Å². The van der Waals surface area contributed by atoms with Crippen LogP contribution in [0.3, 0.4) is 0 Å². The highest BCUT2D eigenvalue weighted by atomic mass is 16.5. The molecule has 1 amide bonds. The normalized spacial score (nSPS) is 10.6. The van der Waals surface area contributed by atoms with Gasteiger partial charge in [-0.25, -0.2) is 5.43 Å². The molecule has 5 heteroatoms. The maximum absolute atomic E-state index is 12.2. The van der Waals surface area contributed by atoms with E-state index in [2.05, 4.69) is 10.5 Å². The summed E-state index contributed by atoms with van der Waals surface area (Å²) in [4.78, 5) is 12.2. The lowest BCUT2D eigenvalue weighted by Gasteiger charge is -2.07. The number of hydrogen-bond donors (Lipinski definition) is 1. The van der Waals surface area contributed by atoms with Gasteiger partial charge in [0.2, 0.25) is 0 Å². The van der Waals surface area contributed by atoms with Crippen molar-refractivity contribution in [3.8, 4) is 11.5 Å². The average molecular weight is 312 g/mol. The molecule has 0 unspecified atom stereocenters. The number of carbonyl (C=O) groups is 1. The largest absolute Gasteiger partial charge is 0.497 e. The zero-order valence-electron chi connectivity index (χ0n) is 13.7. The number of hydrogen-bond acceptors (Lipinski definition) is 4. The van der Waals surface area contributed by atoms with Crippen LogP contribution in [-0.4, -0.2) is 26.3 Å². The summed E-state index contributed by atoms with van der Waals surface area (Å²) in [5.41, 5.74) is 6.13. The minimum absolute atomic E-state index is 0.330. The average Bonchev–Trinajstić information content (AvgIpc) is 2.57. The summed E-state index contributed by atoms with van der Waals surface area (Å²) in [6.07, 6.45) is 1.64. The monoisotopic (exact) mass is 312 g/mol. The predicted molar refractivity (Wildman–Crippen MR) is 90.5 cm³/mol. The summed E-state index contributed by atoms with van der Waals surface area (Å²) >= 11 is 0. The van der Waals surface area contributed by atoms with E-state index in [1.807, 2.05) is 32.0 Å². The van der Waals surface area contributed by atoms with Gasteiger partial charge in [-0.3, -0.25) is 4.79 Å². The molecule has 0 aromatic heterocycles. The van der Waals surface area contributed by atoms with Crippen LogP contribution in [0.15, 0.2) is 41.5 Å². The second kappa shape index (κ2) is 7.45. The van der Waals surface area contributed by atoms with Crippen LogP contribution in [0.4, 0.5) is 0 Å². The molecule has 0 aliphatic carbocycles. The third-order valence-electron chi connectivity index (χ3n) is 3.42. The zero-order valence-corrected chi connectivity index (χ0v) is 13.7. The number of nitrogens with one attached hydrogen (secondary N) is 1. The van der Waals surface area contributed by atoms with Gasteiger partial charge in [-0.15, -0.1) is 0 Å². The number of nitrogens with zero attached hydrogens (tertiary/aromatic N) is 1. The zero-order chi connectivity index (χ0) is 16.8. The summed E-state index contributed by atoms with van der Waals surface area (Å²) < 4.78 is 10.3. The van der Waals surface area contributed by atoms with Crippen molar-refractivity contribution in [1.29, 1.82) is 0 Å². The van der Waals surface area contributed by atoms with Crippen LogP contribution in [0.5, 0.6) is 11.5 Å². The minimum Gasteiger partial charge on any atom is -0.497 e. The minimum atomic E-state index is -0.330. The highest BCUT2D eigenvalue weighted by Crippen LogP contribution is 2.22. The van der Waals surface area contributed by atoms with Crippen molar-refractivity contribution >= 4 is 12.1 Å². The number of rotatable bonds is 5. The Hall–Kier alpha value is -2.82. The number of hydrazone groups is 1. The Bertz CT molecular complexity index is 717. The van der Waals surface area contributed by atoms with Crippen LogP contribution in [0.1, 0.15) is 27.0 Å². The maximum atomic E-state index is 12.2. The number of aryl methyl sites for hydroxylation is 2. The van der Waals surface area contributed by atoms with Crippen molar-refractivity contribution < 1.29 is 14.3 Å². The van der Waals surface area contributed by atoms with Gasteiger partial charge in [0.05, 0.1) is 20.4 Å². The van der Waals surface area contributed by atoms with Crippen LogP contribution in [0, 0.1) is 13.8 Å².